The minimum absolute atomic E-state index is 0.365. The van der Waals surface area contributed by atoms with Crippen molar-refractivity contribution in [3.05, 3.63) is 42.7 Å². The Morgan fingerprint density at radius 3 is 2.45 bits per heavy atom. The number of aromatic hydroxyl groups is 1. The number of anilines is 2. The highest BCUT2D eigenvalue weighted by molar-refractivity contribution is 5.92. The Morgan fingerprint density at radius 2 is 1.70 bits per heavy atom. The predicted molar refractivity (Wildman–Crippen MR) is 130 cm³/mol. The fourth-order valence-corrected chi connectivity index (χ4v) is 5.06. The number of fused-ring (bicyclic) bond motifs is 1. The molecule has 2 saturated heterocycles. The summed E-state index contributed by atoms with van der Waals surface area (Å²) in [4.78, 5) is 16.3. The quantitative estimate of drug-likeness (QED) is 0.616. The second-order valence-electron chi connectivity index (χ2n) is 8.80. The summed E-state index contributed by atoms with van der Waals surface area (Å²) in [6.45, 7) is 6.96. The Kier molecular flexibility index (Phi) is 6.09. The third-order valence-electron chi connectivity index (χ3n) is 6.82. The maximum atomic E-state index is 10.1. The molecule has 174 valence electrons. The Balaban J connectivity index is 1.23. The van der Waals surface area contributed by atoms with Gasteiger partial charge in [-0.15, -0.1) is 0 Å². The maximum Gasteiger partial charge on any atom is 0.162 e. The first kappa shape index (κ1) is 21.6. The normalized spacial score (nSPS) is 19.3. The Labute approximate surface area is 194 Å². The SMILES string of the molecule is COc1cc2ncnc(N3CCC(CN4CCN(c5ccccc5O)CC4)C3)c2cc1OC. The van der Waals surface area contributed by atoms with Crippen molar-refractivity contribution in [2.45, 2.75) is 6.42 Å². The van der Waals surface area contributed by atoms with Gasteiger partial charge < -0.3 is 24.4 Å². The lowest BCUT2D eigenvalue weighted by molar-refractivity contribution is 0.225. The Bertz CT molecular complexity index is 1120. The number of rotatable bonds is 6. The molecule has 33 heavy (non-hydrogen) atoms. The third kappa shape index (κ3) is 4.35. The van der Waals surface area contributed by atoms with Crippen LogP contribution in [0.5, 0.6) is 17.2 Å². The average molecular weight is 450 g/mol. The van der Waals surface area contributed by atoms with E-state index in [9.17, 15) is 5.11 Å². The van der Waals surface area contributed by atoms with Crippen LogP contribution in [0.3, 0.4) is 0 Å². The van der Waals surface area contributed by atoms with Gasteiger partial charge in [0.2, 0.25) is 0 Å². The maximum absolute atomic E-state index is 10.1. The zero-order chi connectivity index (χ0) is 22.8. The minimum Gasteiger partial charge on any atom is -0.506 e. The van der Waals surface area contributed by atoms with Crippen LogP contribution in [0.25, 0.3) is 10.9 Å². The van der Waals surface area contributed by atoms with Crippen molar-refractivity contribution in [2.24, 2.45) is 5.92 Å². The van der Waals surface area contributed by atoms with Gasteiger partial charge in [-0.3, -0.25) is 4.90 Å². The summed E-state index contributed by atoms with van der Waals surface area (Å²) in [6, 6.07) is 11.5. The topological polar surface area (TPSA) is 74.2 Å². The molecule has 0 radical (unpaired) electrons. The van der Waals surface area contributed by atoms with E-state index in [0.717, 1.165) is 74.6 Å². The van der Waals surface area contributed by atoms with Crippen LogP contribution in [0.15, 0.2) is 42.7 Å². The molecular formula is C25H31N5O3. The van der Waals surface area contributed by atoms with Gasteiger partial charge in [-0.05, 0) is 30.5 Å². The van der Waals surface area contributed by atoms with E-state index in [-0.39, 0.29) is 0 Å². The highest BCUT2D eigenvalue weighted by atomic mass is 16.5. The molecule has 3 aromatic rings. The third-order valence-corrected chi connectivity index (χ3v) is 6.82. The molecule has 1 unspecified atom stereocenters. The number of phenolic OH excluding ortho intramolecular Hbond substituents is 1. The largest absolute Gasteiger partial charge is 0.506 e. The van der Waals surface area contributed by atoms with E-state index < -0.39 is 0 Å². The molecule has 0 aliphatic carbocycles. The zero-order valence-electron chi connectivity index (χ0n) is 19.3. The number of aromatic nitrogens is 2. The predicted octanol–water partition coefficient (Wildman–Crippen LogP) is 3.00. The second-order valence-corrected chi connectivity index (χ2v) is 8.80. The summed E-state index contributed by atoms with van der Waals surface area (Å²) in [7, 11) is 3.29. The number of nitrogens with zero attached hydrogens (tertiary/aromatic N) is 5. The van der Waals surface area contributed by atoms with Gasteiger partial charge in [0.25, 0.3) is 0 Å². The summed E-state index contributed by atoms with van der Waals surface area (Å²) in [5, 5.41) is 11.1. The first-order valence-electron chi connectivity index (χ1n) is 11.5. The molecule has 1 N–H and O–H groups in total. The van der Waals surface area contributed by atoms with Gasteiger partial charge in [0.15, 0.2) is 11.5 Å². The monoisotopic (exact) mass is 449 g/mol. The van der Waals surface area contributed by atoms with Crippen molar-refractivity contribution in [3.63, 3.8) is 0 Å². The minimum atomic E-state index is 0.365. The van der Waals surface area contributed by atoms with Crippen LogP contribution in [0.2, 0.25) is 0 Å². The molecule has 8 heteroatoms. The van der Waals surface area contributed by atoms with Crippen LogP contribution in [0.4, 0.5) is 11.5 Å². The molecule has 2 fully saturated rings. The molecule has 0 spiro atoms. The fourth-order valence-electron chi connectivity index (χ4n) is 5.06. The van der Waals surface area contributed by atoms with Crippen LogP contribution >= 0.6 is 0 Å². The lowest BCUT2D eigenvalue weighted by atomic mass is 10.1. The molecule has 2 aromatic carbocycles. The molecule has 0 amide bonds. The number of hydrogen-bond acceptors (Lipinski definition) is 8. The number of ether oxygens (including phenoxy) is 2. The summed E-state index contributed by atoms with van der Waals surface area (Å²) < 4.78 is 10.9. The molecule has 2 aliphatic rings. The van der Waals surface area contributed by atoms with Gasteiger partial charge in [-0.2, -0.15) is 0 Å². The lowest BCUT2D eigenvalue weighted by Crippen LogP contribution is -2.48. The van der Waals surface area contributed by atoms with Crippen LogP contribution in [0, 0.1) is 5.92 Å². The molecule has 1 aromatic heterocycles. The first-order chi connectivity index (χ1) is 16.2. The average Bonchev–Trinajstić information content (AvgIpc) is 3.32. The first-order valence-corrected chi connectivity index (χ1v) is 11.5. The number of hydrogen-bond donors (Lipinski definition) is 1. The van der Waals surface area contributed by atoms with Gasteiger partial charge in [-0.25, -0.2) is 9.97 Å². The molecule has 2 aliphatic heterocycles. The van der Waals surface area contributed by atoms with Gasteiger partial charge in [0, 0.05) is 57.3 Å². The number of phenols is 1. The van der Waals surface area contributed by atoms with E-state index in [1.807, 2.05) is 30.3 Å². The smallest absolute Gasteiger partial charge is 0.162 e. The van der Waals surface area contributed by atoms with E-state index in [4.69, 9.17) is 9.47 Å². The molecule has 8 nitrogen and oxygen atoms in total. The van der Waals surface area contributed by atoms with Crippen molar-refractivity contribution < 1.29 is 14.6 Å². The summed E-state index contributed by atoms with van der Waals surface area (Å²) in [5.41, 5.74) is 1.80. The molecule has 5 rings (SSSR count). The summed E-state index contributed by atoms with van der Waals surface area (Å²) >= 11 is 0. The fraction of sp³-hybridized carbons (Fsp3) is 0.440. The number of methoxy groups -OCH3 is 2. The van der Waals surface area contributed by atoms with Gasteiger partial charge in [-0.1, -0.05) is 12.1 Å². The Morgan fingerprint density at radius 1 is 0.939 bits per heavy atom. The van der Waals surface area contributed by atoms with Crippen molar-refractivity contribution in [3.8, 4) is 17.2 Å². The number of piperazine rings is 1. The van der Waals surface area contributed by atoms with Gasteiger partial charge in [0.05, 0.1) is 25.4 Å². The van der Waals surface area contributed by atoms with E-state index in [1.165, 1.54) is 0 Å². The molecular weight excluding hydrogens is 418 g/mol. The summed E-state index contributed by atoms with van der Waals surface area (Å²) in [6.07, 6.45) is 2.79. The van der Waals surface area contributed by atoms with E-state index in [2.05, 4.69) is 24.7 Å². The van der Waals surface area contributed by atoms with Crippen molar-refractivity contribution in [1.82, 2.24) is 14.9 Å². The number of para-hydroxylation sites is 2. The van der Waals surface area contributed by atoms with Gasteiger partial charge in [0.1, 0.15) is 17.9 Å². The molecule has 0 bridgehead atoms. The van der Waals surface area contributed by atoms with E-state index >= 15 is 0 Å². The molecule has 1 atom stereocenters. The Hall–Kier alpha value is -3.26. The van der Waals surface area contributed by atoms with Crippen LogP contribution in [-0.4, -0.2) is 80.0 Å². The molecule has 3 heterocycles. The highest BCUT2D eigenvalue weighted by Crippen LogP contribution is 2.36. The van der Waals surface area contributed by atoms with Crippen LogP contribution in [-0.2, 0) is 0 Å². The van der Waals surface area contributed by atoms with Crippen LogP contribution < -0.4 is 19.3 Å². The lowest BCUT2D eigenvalue weighted by Gasteiger charge is -2.37. The summed E-state index contributed by atoms with van der Waals surface area (Å²) in [5.74, 6) is 3.31. The van der Waals surface area contributed by atoms with Crippen molar-refractivity contribution in [2.75, 3.05) is 69.8 Å². The van der Waals surface area contributed by atoms with Crippen molar-refractivity contribution >= 4 is 22.4 Å². The standard InChI is InChI=1S/C25H31N5O3/c1-32-23-13-19-20(14-24(23)33-2)26-17-27-25(19)30-8-7-18(16-30)15-28-9-11-29(12-10-28)21-5-3-4-6-22(21)31/h3-6,13-14,17-18,31H,7-12,15-16H2,1-2H3. The molecule has 0 saturated carbocycles. The van der Waals surface area contributed by atoms with E-state index in [1.54, 1.807) is 26.6 Å². The second kappa shape index (κ2) is 9.31. The van der Waals surface area contributed by atoms with Crippen LogP contribution in [0.1, 0.15) is 6.42 Å². The van der Waals surface area contributed by atoms with E-state index in [0.29, 0.717) is 23.2 Å². The highest BCUT2D eigenvalue weighted by Gasteiger charge is 2.28. The zero-order valence-corrected chi connectivity index (χ0v) is 19.3. The number of benzene rings is 2. The van der Waals surface area contributed by atoms with Gasteiger partial charge >= 0.3 is 0 Å². The van der Waals surface area contributed by atoms with Crippen molar-refractivity contribution in [1.29, 1.82) is 0 Å².